The summed E-state index contributed by atoms with van der Waals surface area (Å²) in [6, 6.07) is 5.78. The fraction of sp³-hybridized carbons (Fsp3) is 0.267. The third kappa shape index (κ3) is 2.63. The van der Waals surface area contributed by atoms with Crippen LogP contribution in [-0.4, -0.2) is 5.91 Å². The van der Waals surface area contributed by atoms with Gasteiger partial charge in [0, 0.05) is 0 Å². The molecule has 1 aromatic heterocycles. The number of nitrogen functional groups attached to an aromatic ring is 1. The lowest BCUT2D eigenvalue weighted by Crippen LogP contribution is -2.14. The average molecular weight is 274 g/mol. The molecule has 19 heavy (non-hydrogen) atoms. The van der Waals surface area contributed by atoms with E-state index in [0.717, 1.165) is 33.7 Å². The number of thiophene rings is 1. The number of rotatable bonds is 3. The van der Waals surface area contributed by atoms with Crippen LogP contribution in [0.5, 0.6) is 0 Å². The maximum Gasteiger partial charge on any atom is 0.266 e. The number of anilines is 2. The van der Waals surface area contributed by atoms with E-state index < -0.39 is 0 Å². The fourth-order valence-electron chi connectivity index (χ4n) is 1.99. The molecule has 0 saturated carbocycles. The van der Waals surface area contributed by atoms with Crippen LogP contribution in [0.25, 0.3) is 0 Å². The summed E-state index contributed by atoms with van der Waals surface area (Å²) in [7, 11) is 0. The quantitative estimate of drug-likeness (QED) is 0.837. The van der Waals surface area contributed by atoms with Crippen LogP contribution in [-0.2, 0) is 6.42 Å². The monoisotopic (exact) mass is 274 g/mol. The molecule has 4 heteroatoms. The molecule has 0 unspecified atom stereocenters. The Kier molecular flexibility index (Phi) is 3.90. The van der Waals surface area contributed by atoms with Gasteiger partial charge in [0.05, 0.1) is 16.3 Å². The zero-order valence-electron chi connectivity index (χ0n) is 11.4. The van der Waals surface area contributed by atoms with Gasteiger partial charge in [-0.15, -0.1) is 11.3 Å². The van der Waals surface area contributed by atoms with Gasteiger partial charge < -0.3 is 11.1 Å². The minimum Gasteiger partial charge on any atom is -0.397 e. The van der Waals surface area contributed by atoms with Gasteiger partial charge in [-0.2, -0.15) is 0 Å². The highest BCUT2D eigenvalue weighted by molar-refractivity contribution is 7.12. The molecule has 1 amide bonds. The van der Waals surface area contributed by atoms with Crippen LogP contribution in [0.1, 0.15) is 33.3 Å². The molecular formula is C15H18N2OS. The van der Waals surface area contributed by atoms with Gasteiger partial charge in [-0.05, 0) is 54.5 Å². The van der Waals surface area contributed by atoms with Crippen molar-refractivity contribution in [3.8, 4) is 0 Å². The zero-order chi connectivity index (χ0) is 14.0. The summed E-state index contributed by atoms with van der Waals surface area (Å²) in [6.45, 7) is 6.02. The molecule has 0 spiro atoms. The molecule has 0 aliphatic carbocycles. The molecule has 3 nitrogen and oxygen atoms in total. The summed E-state index contributed by atoms with van der Waals surface area (Å²) in [6.07, 6.45) is 0.856. The van der Waals surface area contributed by atoms with Crippen LogP contribution in [0.3, 0.4) is 0 Å². The number of carbonyl (C=O) groups is 1. The van der Waals surface area contributed by atoms with Gasteiger partial charge in [0.25, 0.3) is 5.91 Å². The lowest BCUT2D eigenvalue weighted by atomic mass is 10.1. The Bertz CT molecular complexity index is 617. The van der Waals surface area contributed by atoms with E-state index in [4.69, 9.17) is 5.73 Å². The SMILES string of the molecule is CCc1ccsc1C(=O)Nc1c(N)ccc(C)c1C. The molecule has 1 heterocycles. The smallest absolute Gasteiger partial charge is 0.266 e. The summed E-state index contributed by atoms with van der Waals surface area (Å²) < 4.78 is 0. The second-order valence-electron chi connectivity index (χ2n) is 4.55. The van der Waals surface area contributed by atoms with E-state index in [-0.39, 0.29) is 5.91 Å². The predicted octanol–water partition coefficient (Wildman–Crippen LogP) is 3.76. The van der Waals surface area contributed by atoms with Crippen molar-refractivity contribution in [2.75, 3.05) is 11.1 Å². The Morgan fingerprint density at radius 2 is 2.05 bits per heavy atom. The summed E-state index contributed by atoms with van der Waals surface area (Å²) >= 11 is 1.46. The first-order valence-corrected chi connectivity index (χ1v) is 7.16. The number of amides is 1. The molecular weight excluding hydrogens is 256 g/mol. The number of hydrogen-bond donors (Lipinski definition) is 2. The Morgan fingerprint density at radius 3 is 2.74 bits per heavy atom. The topological polar surface area (TPSA) is 55.1 Å². The molecule has 2 aromatic rings. The van der Waals surface area contributed by atoms with Crippen LogP contribution in [0.2, 0.25) is 0 Å². The number of nitrogens with two attached hydrogens (primary N) is 1. The van der Waals surface area contributed by atoms with Gasteiger partial charge >= 0.3 is 0 Å². The minimum absolute atomic E-state index is 0.0766. The van der Waals surface area contributed by atoms with Gasteiger partial charge in [0.2, 0.25) is 0 Å². The van der Waals surface area contributed by atoms with Crippen LogP contribution in [0.15, 0.2) is 23.6 Å². The Balaban J connectivity index is 2.32. The molecule has 0 saturated heterocycles. The first-order chi connectivity index (χ1) is 9.04. The maximum atomic E-state index is 12.3. The van der Waals surface area contributed by atoms with E-state index in [9.17, 15) is 4.79 Å². The lowest BCUT2D eigenvalue weighted by Gasteiger charge is -2.13. The van der Waals surface area contributed by atoms with Gasteiger partial charge in [0.1, 0.15) is 0 Å². The second kappa shape index (κ2) is 5.45. The van der Waals surface area contributed by atoms with Crippen molar-refractivity contribution in [3.05, 3.63) is 45.1 Å². The molecule has 1 aromatic carbocycles. The Hall–Kier alpha value is -1.81. The van der Waals surface area contributed by atoms with Gasteiger partial charge in [0.15, 0.2) is 0 Å². The molecule has 0 fully saturated rings. The highest BCUT2D eigenvalue weighted by Gasteiger charge is 2.15. The van der Waals surface area contributed by atoms with Crippen molar-refractivity contribution in [3.63, 3.8) is 0 Å². The highest BCUT2D eigenvalue weighted by Crippen LogP contribution is 2.27. The summed E-state index contributed by atoms with van der Waals surface area (Å²) in [4.78, 5) is 13.1. The van der Waals surface area contributed by atoms with Crippen LogP contribution in [0.4, 0.5) is 11.4 Å². The van der Waals surface area contributed by atoms with Crippen molar-refractivity contribution < 1.29 is 4.79 Å². The third-order valence-electron chi connectivity index (χ3n) is 3.34. The van der Waals surface area contributed by atoms with Gasteiger partial charge in [-0.1, -0.05) is 13.0 Å². The van der Waals surface area contributed by atoms with Gasteiger partial charge in [-0.3, -0.25) is 4.79 Å². The minimum atomic E-state index is -0.0766. The summed E-state index contributed by atoms with van der Waals surface area (Å²) in [5.41, 5.74) is 10.5. The first-order valence-electron chi connectivity index (χ1n) is 6.28. The van der Waals surface area contributed by atoms with Crippen molar-refractivity contribution in [1.29, 1.82) is 0 Å². The first kappa shape index (κ1) is 13.6. The number of carbonyl (C=O) groups excluding carboxylic acids is 1. The van der Waals surface area contributed by atoms with Crippen molar-refractivity contribution >= 4 is 28.6 Å². The summed E-state index contributed by atoms with van der Waals surface area (Å²) in [5, 5.41) is 4.89. The molecule has 0 radical (unpaired) electrons. The summed E-state index contributed by atoms with van der Waals surface area (Å²) in [5.74, 6) is -0.0766. The molecule has 100 valence electrons. The molecule has 3 N–H and O–H groups in total. The van der Waals surface area contributed by atoms with Crippen LogP contribution >= 0.6 is 11.3 Å². The van der Waals surface area contributed by atoms with Crippen LogP contribution in [0, 0.1) is 13.8 Å². The Labute approximate surface area is 117 Å². The maximum absolute atomic E-state index is 12.3. The van der Waals surface area contributed by atoms with Gasteiger partial charge in [-0.25, -0.2) is 0 Å². The third-order valence-corrected chi connectivity index (χ3v) is 4.30. The van der Waals surface area contributed by atoms with Crippen molar-refractivity contribution in [1.82, 2.24) is 0 Å². The highest BCUT2D eigenvalue weighted by atomic mass is 32.1. The Morgan fingerprint density at radius 1 is 1.32 bits per heavy atom. The van der Waals surface area contributed by atoms with Crippen molar-refractivity contribution in [2.24, 2.45) is 0 Å². The number of nitrogens with one attached hydrogen (secondary N) is 1. The van der Waals surface area contributed by atoms with Crippen molar-refractivity contribution in [2.45, 2.75) is 27.2 Å². The van der Waals surface area contributed by atoms with E-state index in [1.807, 2.05) is 44.4 Å². The lowest BCUT2D eigenvalue weighted by molar-refractivity contribution is 0.103. The van der Waals surface area contributed by atoms with E-state index in [1.165, 1.54) is 11.3 Å². The second-order valence-corrected chi connectivity index (χ2v) is 5.47. The molecule has 0 atom stereocenters. The standard InChI is InChI=1S/C15H18N2OS/c1-4-11-7-8-19-14(11)15(18)17-13-10(3)9(2)5-6-12(13)16/h5-8H,4,16H2,1-3H3,(H,17,18). The fourth-order valence-corrected chi connectivity index (χ4v) is 2.88. The largest absolute Gasteiger partial charge is 0.397 e. The van der Waals surface area contributed by atoms with Crippen LogP contribution < -0.4 is 11.1 Å². The van der Waals surface area contributed by atoms with E-state index in [1.54, 1.807) is 0 Å². The molecule has 0 bridgehead atoms. The molecule has 0 aliphatic rings. The molecule has 2 rings (SSSR count). The zero-order valence-corrected chi connectivity index (χ0v) is 12.2. The normalized spacial score (nSPS) is 10.5. The van der Waals surface area contributed by atoms with E-state index in [2.05, 4.69) is 5.32 Å². The predicted molar refractivity (Wildman–Crippen MR) is 82.0 cm³/mol. The van der Waals surface area contributed by atoms with E-state index >= 15 is 0 Å². The number of benzene rings is 1. The molecule has 0 aliphatic heterocycles. The number of aryl methyl sites for hydroxylation is 2. The van der Waals surface area contributed by atoms with E-state index in [0.29, 0.717) is 5.69 Å². The average Bonchev–Trinajstić information content (AvgIpc) is 2.87. The number of hydrogen-bond acceptors (Lipinski definition) is 3.